The van der Waals surface area contributed by atoms with Gasteiger partial charge in [-0.1, -0.05) is 25.6 Å². The Labute approximate surface area is 103 Å². The molecule has 1 amide bonds. The van der Waals surface area contributed by atoms with E-state index in [0.717, 1.165) is 39.0 Å². The van der Waals surface area contributed by atoms with Crippen LogP contribution in [0.5, 0.6) is 0 Å². The van der Waals surface area contributed by atoms with Gasteiger partial charge >= 0.3 is 0 Å². The topological polar surface area (TPSA) is 49.6 Å². The molecule has 0 aromatic carbocycles. The van der Waals surface area contributed by atoms with Crippen LogP contribution in [0.1, 0.15) is 26.7 Å². The monoisotopic (exact) mass is 243 g/mol. The number of nitrogens with two attached hydrogens (primary N) is 1. The van der Waals surface area contributed by atoms with Gasteiger partial charge < -0.3 is 10.6 Å². The van der Waals surface area contributed by atoms with Gasteiger partial charge in [0.25, 0.3) is 0 Å². The Morgan fingerprint density at radius 1 is 1.38 bits per heavy atom. The first-order chi connectivity index (χ1) is 7.56. The molecule has 1 aliphatic heterocycles. The average Bonchev–Trinajstić information content (AvgIpc) is 2.25. The largest absolute Gasteiger partial charge is 0.392 e. The SMILES string of the molecule is CCCC(C(N)=S)N1CCN(C(C)=O)CC1. The van der Waals surface area contributed by atoms with Crippen molar-refractivity contribution in [3.8, 4) is 0 Å². The second-order valence-corrected chi connectivity index (χ2v) is 4.72. The van der Waals surface area contributed by atoms with Crippen LogP contribution in [0.15, 0.2) is 0 Å². The number of nitrogens with zero attached hydrogens (tertiary/aromatic N) is 2. The minimum atomic E-state index is 0.155. The van der Waals surface area contributed by atoms with Crippen molar-refractivity contribution in [2.75, 3.05) is 26.2 Å². The molecule has 0 aromatic rings. The van der Waals surface area contributed by atoms with Crippen molar-refractivity contribution in [1.29, 1.82) is 0 Å². The summed E-state index contributed by atoms with van der Waals surface area (Å²) in [5, 5.41) is 0. The maximum absolute atomic E-state index is 11.2. The number of amides is 1. The molecule has 2 N–H and O–H groups in total. The molecule has 0 radical (unpaired) electrons. The highest BCUT2D eigenvalue weighted by Crippen LogP contribution is 2.11. The molecular weight excluding hydrogens is 222 g/mol. The highest BCUT2D eigenvalue weighted by atomic mass is 32.1. The van der Waals surface area contributed by atoms with Crippen LogP contribution in [-0.4, -0.2) is 52.9 Å². The first-order valence-corrected chi connectivity index (χ1v) is 6.26. The van der Waals surface area contributed by atoms with Crippen molar-refractivity contribution in [2.24, 2.45) is 5.73 Å². The second-order valence-electron chi connectivity index (χ2n) is 4.25. The van der Waals surface area contributed by atoms with Gasteiger partial charge in [-0.2, -0.15) is 0 Å². The van der Waals surface area contributed by atoms with Crippen LogP contribution in [-0.2, 0) is 4.79 Å². The summed E-state index contributed by atoms with van der Waals surface area (Å²) >= 11 is 5.10. The van der Waals surface area contributed by atoms with E-state index in [9.17, 15) is 4.79 Å². The van der Waals surface area contributed by atoms with Gasteiger partial charge in [-0.05, 0) is 6.42 Å². The lowest BCUT2D eigenvalue weighted by atomic mass is 10.1. The Hall–Kier alpha value is -0.680. The number of thiocarbonyl (C=S) groups is 1. The Morgan fingerprint density at radius 3 is 2.31 bits per heavy atom. The van der Waals surface area contributed by atoms with Crippen molar-refractivity contribution >= 4 is 23.1 Å². The summed E-state index contributed by atoms with van der Waals surface area (Å²) in [4.78, 5) is 15.9. The molecule has 5 heteroatoms. The molecule has 1 heterocycles. The first kappa shape index (κ1) is 13.4. The highest BCUT2D eigenvalue weighted by Gasteiger charge is 2.25. The standard InChI is InChI=1S/C11H21N3OS/c1-3-4-10(11(12)16)14-7-5-13(6-8-14)9(2)15/h10H,3-8H2,1-2H3,(H2,12,16). The van der Waals surface area contributed by atoms with E-state index in [2.05, 4.69) is 11.8 Å². The van der Waals surface area contributed by atoms with Crippen molar-refractivity contribution in [1.82, 2.24) is 9.80 Å². The van der Waals surface area contributed by atoms with Gasteiger partial charge in [0.05, 0.1) is 11.0 Å². The lowest BCUT2D eigenvalue weighted by Crippen LogP contribution is -2.54. The number of carbonyl (C=O) groups excluding carboxylic acids is 1. The lowest BCUT2D eigenvalue weighted by Gasteiger charge is -2.38. The van der Waals surface area contributed by atoms with Crippen LogP contribution in [0.25, 0.3) is 0 Å². The van der Waals surface area contributed by atoms with Gasteiger partial charge in [-0.25, -0.2) is 0 Å². The quantitative estimate of drug-likeness (QED) is 0.735. The van der Waals surface area contributed by atoms with Gasteiger partial charge in [-0.3, -0.25) is 9.69 Å². The molecule has 0 bridgehead atoms. The van der Waals surface area contributed by atoms with Gasteiger partial charge in [0, 0.05) is 33.1 Å². The molecule has 1 saturated heterocycles. The number of carbonyl (C=O) groups is 1. The number of hydrogen-bond acceptors (Lipinski definition) is 3. The zero-order valence-electron chi connectivity index (χ0n) is 10.1. The van der Waals surface area contributed by atoms with Crippen LogP contribution >= 0.6 is 12.2 Å². The van der Waals surface area contributed by atoms with E-state index in [1.807, 2.05) is 4.90 Å². The maximum Gasteiger partial charge on any atom is 0.219 e. The van der Waals surface area contributed by atoms with E-state index in [4.69, 9.17) is 18.0 Å². The lowest BCUT2D eigenvalue weighted by molar-refractivity contribution is -0.130. The molecule has 1 rings (SSSR count). The van der Waals surface area contributed by atoms with Crippen LogP contribution in [0.3, 0.4) is 0 Å². The van der Waals surface area contributed by atoms with Crippen LogP contribution < -0.4 is 5.73 Å². The fourth-order valence-corrected chi connectivity index (χ4v) is 2.39. The van der Waals surface area contributed by atoms with Crippen molar-refractivity contribution < 1.29 is 4.79 Å². The van der Waals surface area contributed by atoms with E-state index in [1.165, 1.54) is 0 Å². The van der Waals surface area contributed by atoms with E-state index < -0.39 is 0 Å². The fourth-order valence-electron chi connectivity index (χ4n) is 2.13. The zero-order valence-corrected chi connectivity index (χ0v) is 10.9. The maximum atomic E-state index is 11.2. The highest BCUT2D eigenvalue weighted by molar-refractivity contribution is 7.80. The minimum Gasteiger partial charge on any atom is -0.392 e. The molecule has 1 fully saturated rings. The summed E-state index contributed by atoms with van der Waals surface area (Å²) in [6.45, 7) is 7.09. The van der Waals surface area contributed by atoms with Crippen LogP contribution in [0.4, 0.5) is 0 Å². The predicted octanol–water partition coefficient (Wildman–Crippen LogP) is 0.605. The Bertz CT molecular complexity index is 262. The second kappa shape index (κ2) is 6.15. The molecular formula is C11H21N3OS. The molecule has 1 aliphatic rings. The Balaban J connectivity index is 2.50. The predicted molar refractivity (Wildman–Crippen MR) is 69.3 cm³/mol. The normalized spacial score (nSPS) is 19.5. The third kappa shape index (κ3) is 3.42. The third-order valence-corrected chi connectivity index (χ3v) is 3.36. The summed E-state index contributed by atoms with van der Waals surface area (Å²) in [6, 6.07) is 0.203. The molecule has 92 valence electrons. The third-order valence-electron chi connectivity index (χ3n) is 3.09. The van der Waals surface area contributed by atoms with Gasteiger partial charge in [0.2, 0.25) is 5.91 Å². The summed E-state index contributed by atoms with van der Waals surface area (Å²) in [7, 11) is 0. The van der Waals surface area contributed by atoms with E-state index >= 15 is 0 Å². The average molecular weight is 243 g/mol. The van der Waals surface area contributed by atoms with Crippen molar-refractivity contribution in [3.63, 3.8) is 0 Å². The Kier molecular flexibility index (Phi) is 5.15. The fraction of sp³-hybridized carbons (Fsp3) is 0.818. The summed E-state index contributed by atoms with van der Waals surface area (Å²) < 4.78 is 0. The molecule has 0 saturated carbocycles. The first-order valence-electron chi connectivity index (χ1n) is 5.85. The van der Waals surface area contributed by atoms with E-state index in [1.54, 1.807) is 6.92 Å². The summed E-state index contributed by atoms with van der Waals surface area (Å²) in [6.07, 6.45) is 2.09. The van der Waals surface area contributed by atoms with E-state index in [0.29, 0.717) is 4.99 Å². The molecule has 1 unspecified atom stereocenters. The molecule has 0 aromatic heterocycles. The van der Waals surface area contributed by atoms with Crippen molar-refractivity contribution in [3.05, 3.63) is 0 Å². The molecule has 16 heavy (non-hydrogen) atoms. The number of hydrogen-bond donors (Lipinski definition) is 1. The molecule has 1 atom stereocenters. The van der Waals surface area contributed by atoms with Crippen LogP contribution in [0, 0.1) is 0 Å². The van der Waals surface area contributed by atoms with Gasteiger partial charge in [0.15, 0.2) is 0 Å². The number of rotatable bonds is 4. The van der Waals surface area contributed by atoms with E-state index in [-0.39, 0.29) is 11.9 Å². The Morgan fingerprint density at radius 2 is 1.94 bits per heavy atom. The minimum absolute atomic E-state index is 0.155. The number of piperazine rings is 1. The smallest absolute Gasteiger partial charge is 0.219 e. The van der Waals surface area contributed by atoms with Gasteiger partial charge in [0.1, 0.15) is 0 Å². The summed E-state index contributed by atoms with van der Waals surface area (Å²) in [5.74, 6) is 0.155. The summed E-state index contributed by atoms with van der Waals surface area (Å²) in [5.41, 5.74) is 5.76. The molecule has 0 aliphatic carbocycles. The zero-order chi connectivity index (χ0) is 12.1. The molecule has 4 nitrogen and oxygen atoms in total. The van der Waals surface area contributed by atoms with Crippen molar-refractivity contribution in [2.45, 2.75) is 32.7 Å². The molecule has 0 spiro atoms. The van der Waals surface area contributed by atoms with Crippen LogP contribution in [0.2, 0.25) is 0 Å². The van der Waals surface area contributed by atoms with Gasteiger partial charge in [-0.15, -0.1) is 0 Å².